The first-order valence-corrected chi connectivity index (χ1v) is 7.97. The minimum absolute atomic E-state index is 0.380. The van der Waals surface area contributed by atoms with Gasteiger partial charge in [-0.05, 0) is 32.0 Å². The second-order valence-corrected chi connectivity index (χ2v) is 6.17. The van der Waals surface area contributed by atoms with Gasteiger partial charge in [-0.25, -0.2) is 4.98 Å². The molecule has 1 atom stereocenters. The fraction of sp³-hybridized carbons (Fsp3) is 0.562. The number of rotatable bonds is 2. The highest BCUT2D eigenvalue weighted by Gasteiger charge is 2.24. The number of nitrogens with one attached hydrogen (secondary N) is 1. The van der Waals surface area contributed by atoms with Crippen LogP contribution in [0.25, 0.3) is 5.65 Å². The molecule has 0 spiro atoms. The van der Waals surface area contributed by atoms with Crippen molar-refractivity contribution in [3.05, 3.63) is 30.1 Å². The maximum atomic E-state index is 4.87. The summed E-state index contributed by atoms with van der Waals surface area (Å²) in [6.45, 7) is 5.46. The quantitative estimate of drug-likeness (QED) is 0.907. The molecular weight excluding hydrogens is 262 g/mol. The molecule has 4 rings (SSSR count). The first-order valence-electron chi connectivity index (χ1n) is 7.97. The average Bonchev–Trinajstić information content (AvgIpc) is 3.16. The number of aromatic nitrogens is 2. The molecule has 112 valence electrons. The third kappa shape index (κ3) is 2.30. The summed E-state index contributed by atoms with van der Waals surface area (Å²) < 4.78 is 2.27. The first-order chi connectivity index (χ1) is 10.3. The normalized spacial score (nSPS) is 24.0. The number of likely N-dealkylation sites (N-methyl/N-ethyl adjacent to an activating group) is 1. The van der Waals surface area contributed by atoms with Crippen molar-refractivity contribution in [2.45, 2.75) is 18.9 Å². The lowest BCUT2D eigenvalue weighted by Gasteiger charge is -2.31. The van der Waals surface area contributed by atoms with E-state index in [1.165, 1.54) is 24.4 Å². The number of imidazole rings is 1. The lowest BCUT2D eigenvalue weighted by molar-refractivity contribution is 0.199. The molecule has 4 heterocycles. The van der Waals surface area contributed by atoms with E-state index < -0.39 is 0 Å². The van der Waals surface area contributed by atoms with Crippen molar-refractivity contribution < 1.29 is 0 Å². The van der Waals surface area contributed by atoms with Gasteiger partial charge < -0.3 is 10.2 Å². The Balaban J connectivity index is 1.73. The zero-order valence-corrected chi connectivity index (χ0v) is 12.6. The smallest absolute Gasteiger partial charge is 0.138 e. The summed E-state index contributed by atoms with van der Waals surface area (Å²) in [6, 6.07) is 6.83. The highest BCUT2D eigenvalue weighted by molar-refractivity contribution is 5.53. The Hall–Kier alpha value is -1.59. The van der Waals surface area contributed by atoms with Crippen LogP contribution in [0.4, 0.5) is 5.82 Å². The number of fused-ring (bicyclic) bond motifs is 1. The fourth-order valence-electron chi connectivity index (χ4n) is 3.52. The van der Waals surface area contributed by atoms with Crippen molar-refractivity contribution in [1.82, 2.24) is 19.6 Å². The van der Waals surface area contributed by atoms with E-state index in [9.17, 15) is 0 Å². The van der Waals surface area contributed by atoms with Gasteiger partial charge in [0.25, 0.3) is 0 Å². The Labute approximate surface area is 125 Å². The van der Waals surface area contributed by atoms with Crippen LogP contribution >= 0.6 is 0 Å². The molecule has 2 saturated heterocycles. The SMILES string of the molecule is CN1CCNC[C@@H]1c1cn2c(N3CCCC3)cccc2n1. The lowest BCUT2D eigenvalue weighted by Crippen LogP contribution is -2.43. The van der Waals surface area contributed by atoms with Crippen LogP contribution in [-0.2, 0) is 0 Å². The Kier molecular flexibility index (Phi) is 3.31. The summed E-state index contributed by atoms with van der Waals surface area (Å²) in [7, 11) is 2.19. The molecule has 0 aliphatic carbocycles. The first kappa shape index (κ1) is 13.1. The molecule has 0 aromatic carbocycles. The van der Waals surface area contributed by atoms with E-state index in [0.29, 0.717) is 6.04 Å². The molecule has 5 heteroatoms. The number of hydrogen-bond acceptors (Lipinski definition) is 4. The lowest BCUT2D eigenvalue weighted by atomic mass is 10.1. The number of anilines is 1. The van der Waals surface area contributed by atoms with Crippen LogP contribution < -0.4 is 10.2 Å². The van der Waals surface area contributed by atoms with Crippen LogP contribution in [0.3, 0.4) is 0 Å². The highest BCUT2D eigenvalue weighted by Crippen LogP contribution is 2.25. The molecule has 2 aromatic rings. The van der Waals surface area contributed by atoms with Crippen LogP contribution in [0.15, 0.2) is 24.4 Å². The van der Waals surface area contributed by atoms with Gasteiger partial charge in [0.1, 0.15) is 11.5 Å². The Morgan fingerprint density at radius 1 is 1.19 bits per heavy atom. The zero-order chi connectivity index (χ0) is 14.2. The molecule has 2 aliphatic heterocycles. The second kappa shape index (κ2) is 5.31. The largest absolute Gasteiger partial charge is 0.358 e. The predicted octanol–water partition coefficient (Wildman–Crippen LogP) is 1.51. The van der Waals surface area contributed by atoms with Crippen LogP contribution in [0.5, 0.6) is 0 Å². The molecule has 0 amide bonds. The molecule has 21 heavy (non-hydrogen) atoms. The Morgan fingerprint density at radius 3 is 2.86 bits per heavy atom. The average molecular weight is 285 g/mol. The van der Waals surface area contributed by atoms with E-state index in [1.54, 1.807) is 0 Å². The summed E-state index contributed by atoms with van der Waals surface area (Å²) in [5.74, 6) is 1.29. The van der Waals surface area contributed by atoms with Crippen molar-refractivity contribution >= 4 is 11.5 Å². The highest BCUT2D eigenvalue weighted by atomic mass is 15.3. The summed E-state index contributed by atoms with van der Waals surface area (Å²) in [5, 5.41) is 3.48. The van der Waals surface area contributed by atoms with Gasteiger partial charge in [-0.2, -0.15) is 0 Å². The van der Waals surface area contributed by atoms with Crippen LogP contribution in [-0.4, -0.2) is 54.1 Å². The molecule has 0 saturated carbocycles. The minimum Gasteiger partial charge on any atom is -0.358 e. The minimum atomic E-state index is 0.380. The van der Waals surface area contributed by atoms with Gasteiger partial charge in [0.05, 0.1) is 11.7 Å². The standard InChI is InChI=1S/C16H23N5/c1-19-10-7-17-11-14(19)13-12-21-15(18-13)5-4-6-16(21)20-8-2-3-9-20/h4-6,12,14,17H,2-3,7-11H2,1H3/t14-/m1/s1. The number of hydrogen-bond donors (Lipinski definition) is 1. The maximum absolute atomic E-state index is 4.87. The zero-order valence-electron chi connectivity index (χ0n) is 12.6. The number of nitrogens with zero attached hydrogens (tertiary/aromatic N) is 4. The molecule has 2 aromatic heterocycles. The Morgan fingerprint density at radius 2 is 2.05 bits per heavy atom. The molecule has 5 nitrogen and oxygen atoms in total. The van der Waals surface area contributed by atoms with Gasteiger partial charge in [0.2, 0.25) is 0 Å². The Bertz CT molecular complexity index is 629. The molecule has 0 bridgehead atoms. The maximum Gasteiger partial charge on any atom is 0.138 e. The van der Waals surface area contributed by atoms with E-state index in [-0.39, 0.29) is 0 Å². The van der Waals surface area contributed by atoms with E-state index >= 15 is 0 Å². The van der Waals surface area contributed by atoms with Crippen LogP contribution in [0, 0.1) is 0 Å². The summed E-state index contributed by atoms with van der Waals surface area (Å²) >= 11 is 0. The summed E-state index contributed by atoms with van der Waals surface area (Å²) in [6.07, 6.45) is 4.83. The summed E-state index contributed by atoms with van der Waals surface area (Å²) in [4.78, 5) is 9.74. The van der Waals surface area contributed by atoms with E-state index in [4.69, 9.17) is 4.98 Å². The second-order valence-electron chi connectivity index (χ2n) is 6.17. The van der Waals surface area contributed by atoms with Crippen molar-refractivity contribution in [3.8, 4) is 0 Å². The van der Waals surface area contributed by atoms with Gasteiger partial charge in [-0.3, -0.25) is 9.30 Å². The van der Waals surface area contributed by atoms with Gasteiger partial charge in [-0.15, -0.1) is 0 Å². The predicted molar refractivity (Wildman–Crippen MR) is 84.9 cm³/mol. The fourth-order valence-corrected chi connectivity index (χ4v) is 3.52. The molecular formula is C16H23N5. The van der Waals surface area contributed by atoms with Crippen molar-refractivity contribution in [2.75, 3.05) is 44.7 Å². The van der Waals surface area contributed by atoms with E-state index in [1.807, 2.05) is 0 Å². The van der Waals surface area contributed by atoms with Gasteiger partial charge in [0.15, 0.2) is 0 Å². The van der Waals surface area contributed by atoms with Gasteiger partial charge >= 0.3 is 0 Å². The number of piperazine rings is 1. The van der Waals surface area contributed by atoms with E-state index in [0.717, 1.165) is 38.4 Å². The van der Waals surface area contributed by atoms with Gasteiger partial charge in [-0.1, -0.05) is 6.07 Å². The molecule has 0 unspecified atom stereocenters. The molecule has 2 fully saturated rings. The van der Waals surface area contributed by atoms with Crippen molar-refractivity contribution in [2.24, 2.45) is 0 Å². The monoisotopic (exact) mass is 285 g/mol. The van der Waals surface area contributed by atoms with Gasteiger partial charge in [0, 0.05) is 38.9 Å². The van der Waals surface area contributed by atoms with Crippen molar-refractivity contribution in [1.29, 1.82) is 0 Å². The molecule has 1 N–H and O–H groups in total. The van der Waals surface area contributed by atoms with E-state index in [2.05, 4.69) is 51.0 Å². The third-order valence-electron chi connectivity index (χ3n) is 4.77. The topological polar surface area (TPSA) is 35.8 Å². The third-order valence-corrected chi connectivity index (χ3v) is 4.77. The molecule has 2 aliphatic rings. The summed E-state index contributed by atoms with van der Waals surface area (Å²) in [5.41, 5.74) is 2.24. The van der Waals surface area contributed by atoms with Crippen LogP contribution in [0.1, 0.15) is 24.6 Å². The van der Waals surface area contributed by atoms with Crippen LogP contribution in [0.2, 0.25) is 0 Å². The molecule has 0 radical (unpaired) electrons. The van der Waals surface area contributed by atoms with Crippen molar-refractivity contribution in [3.63, 3.8) is 0 Å². The number of pyridine rings is 1.